The summed E-state index contributed by atoms with van der Waals surface area (Å²) >= 11 is 0. The van der Waals surface area contributed by atoms with E-state index in [0.29, 0.717) is 6.04 Å². The van der Waals surface area contributed by atoms with Gasteiger partial charge in [-0.3, -0.25) is 0 Å². The van der Waals surface area contributed by atoms with Gasteiger partial charge >= 0.3 is 0 Å². The zero-order valence-electron chi connectivity index (χ0n) is 9.17. The third-order valence-corrected chi connectivity index (χ3v) is 3.15. The Morgan fingerprint density at radius 3 is 2.46 bits per heavy atom. The second-order valence-corrected chi connectivity index (χ2v) is 5.02. The zero-order valence-corrected chi connectivity index (χ0v) is 9.17. The number of hydrogen-bond acceptors (Lipinski definition) is 2. The molecule has 0 aromatic heterocycles. The van der Waals surface area contributed by atoms with Crippen LogP contribution in [0.2, 0.25) is 0 Å². The van der Waals surface area contributed by atoms with Gasteiger partial charge in [-0.15, -0.1) is 0 Å². The number of nitrogens with zero attached hydrogens (tertiary/aromatic N) is 2. The van der Waals surface area contributed by atoms with Gasteiger partial charge in [0.05, 0.1) is 12.0 Å². The fourth-order valence-corrected chi connectivity index (χ4v) is 2.08. The van der Waals surface area contributed by atoms with Gasteiger partial charge in [0.15, 0.2) is 0 Å². The Morgan fingerprint density at radius 1 is 1.46 bits per heavy atom. The van der Waals surface area contributed by atoms with E-state index in [2.05, 4.69) is 38.7 Å². The van der Waals surface area contributed by atoms with Crippen LogP contribution in [0.3, 0.4) is 0 Å². The van der Waals surface area contributed by atoms with Crippen LogP contribution >= 0.6 is 0 Å². The van der Waals surface area contributed by atoms with E-state index >= 15 is 0 Å². The lowest BCUT2D eigenvalue weighted by Gasteiger charge is -2.43. The molecule has 1 aliphatic heterocycles. The highest BCUT2D eigenvalue weighted by Gasteiger charge is 2.36. The Bertz CT molecular complexity index is 213. The standard InChI is InChI=1S/C11H20N2/c1-9(2)13-6-5-10(7-12)11(3,4)8-13/h9-10H,5-6,8H2,1-4H3. The van der Waals surface area contributed by atoms with Gasteiger partial charge in [0.25, 0.3) is 0 Å². The largest absolute Gasteiger partial charge is 0.300 e. The Hall–Kier alpha value is -0.550. The van der Waals surface area contributed by atoms with Crippen LogP contribution in [0, 0.1) is 22.7 Å². The van der Waals surface area contributed by atoms with Gasteiger partial charge in [-0.25, -0.2) is 0 Å². The number of likely N-dealkylation sites (tertiary alicyclic amines) is 1. The molecule has 1 saturated heterocycles. The number of nitriles is 1. The van der Waals surface area contributed by atoms with Gasteiger partial charge in [0, 0.05) is 12.6 Å². The highest BCUT2D eigenvalue weighted by Crippen LogP contribution is 2.34. The van der Waals surface area contributed by atoms with Crippen LogP contribution in [0.1, 0.15) is 34.1 Å². The van der Waals surface area contributed by atoms with E-state index < -0.39 is 0 Å². The third-order valence-electron chi connectivity index (χ3n) is 3.15. The highest BCUT2D eigenvalue weighted by molar-refractivity contribution is 4.98. The topological polar surface area (TPSA) is 27.0 Å². The van der Waals surface area contributed by atoms with Crippen LogP contribution in [0.25, 0.3) is 0 Å². The van der Waals surface area contributed by atoms with Crippen LogP contribution in [0.15, 0.2) is 0 Å². The zero-order chi connectivity index (χ0) is 10.1. The predicted molar refractivity (Wildman–Crippen MR) is 54.2 cm³/mol. The van der Waals surface area contributed by atoms with Crippen LogP contribution in [0.4, 0.5) is 0 Å². The molecule has 0 N–H and O–H groups in total. The van der Waals surface area contributed by atoms with Crippen LogP contribution in [-0.2, 0) is 0 Å². The SMILES string of the molecule is CC(C)N1CCC(C#N)C(C)(C)C1. The smallest absolute Gasteiger partial charge is 0.0662 e. The molecule has 74 valence electrons. The van der Waals surface area contributed by atoms with E-state index in [1.165, 1.54) is 0 Å². The van der Waals surface area contributed by atoms with E-state index in [0.717, 1.165) is 19.5 Å². The Balaban J connectivity index is 2.65. The summed E-state index contributed by atoms with van der Waals surface area (Å²) in [5.41, 5.74) is 0.164. The average molecular weight is 180 g/mol. The summed E-state index contributed by atoms with van der Waals surface area (Å²) in [5.74, 6) is 0.238. The van der Waals surface area contributed by atoms with Gasteiger partial charge in [-0.05, 0) is 32.2 Å². The molecule has 0 saturated carbocycles. The predicted octanol–water partition coefficient (Wildman–Crippen LogP) is 2.27. The number of piperidine rings is 1. The summed E-state index contributed by atoms with van der Waals surface area (Å²) in [7, 11) is 0. The van der Waals surface area contributed by atoms with Crippen molar-refractivity contribution in [2.75, 3.05) is 13.1 Å². The minimum atomic E-state index is 0.164. The molecule has 1 fully saturated rings. The summed E-state index contributed by atoms with van der Waals surface area (Å²) in [6, 6.07) is 3.04. The molecular weight excluding hydrogens is 160 g/mol. The Kier molecular flexibility index (Phi) is 2.98. The first-order valence-corrected chi connectivity index (χ1v) is 5.11. The molecule has 0 radical (unpaired) electrons. The molecule has 0 amide bonds. The first kappa shape index (κ1) is 10.5. The molecule has 0 aromatic carbocycles. The van der Waals surface area contributed by atoms with Crippen molar-refractivity contribution in [1.29, 1.82) is 5.26 Å². The molecule has 2 nitrogen and oxygen atoms in total. The lowest BCUT2D eigenvalue weighted by Crippen LogP contribution is -2.47. The maximum absolute atomic E-state index is 8.98. The highest BCUT2D eigenvalue weighted by atomic mass is 15.2. The van der Waals surface area contributed by atoms with Gasteiger partial charge in [-0.1, -0.05) is 13.8 Å². The van der Waals surface area contributed by atoms with E-state index in [1.54, 1.807) is 0 Å². The van der Waals surface area contributed by atoms with Gasteiger partial charge in [-0.2, -0.15) is 5.26 Å². The second kappa shape index (κ2) is 3.67. The van der Waals surface area contributed by atoms with Crippen molar-refractivity contribution in [3.05, 3.63) is 0 Å². The first-order chi connectivity index (χ1) is 5.97. The molecular formula is C11H20N2. The summed E-state index contributed by atoms with van der Waals surface area (Å²) in [4.78, 5) is 2.47. The molecule has 1 heterocycles. The van der Waals surface area contributed by atoms with E-state index in [4.69, 9.17) is 5.26 Å². The van der Waals surface area contributed by atoms with Crippen LogP contribution in [0.5, 0.6) is 0 Å². The molecule has 1 aliphatic rings. The van der Waals surface area contributed by atoms with Gasteiger partial charge in [0.2, 0.25) is 0 Å². The van der Waals surface area contributed by atoms with Crippen molar-refractivity contribution >= 4 is 0 Å². The van der Waals surface area contributed by atoms with Gasteiger partial charge < -0.3 is 4.90 Å². The van der Waals surface area contributed by atoms with Gasteiger partial charge in [0.1, 0.15) is 0 Å². The molecule has 2 heteroatoms. The van der Waals surface area contributed by atoms with Crippen LogP contribution in [-0.4, -0.2) is 24.0 Å². The van der Waals surface area contributed by atoms with E-state index in [9.17, 15) is 0 Å². The molecule has 0 aromatic rings. The molecule has 13 heavy (non-hydrogen) atoms. The summed E-state index contributed by atoms with van der Waals surface area (Å²) in [6.45, 7) is 11.0. The summed E-state index contributed by atoms with van der Waals surface area (Å²) in [5, 5.41) is 8.98. The van der Waals surface area contributed by atoms with E-state index in [-0.39, 0.29) is 11.3 Å². The van der Waals surface area contributed by atoms with Crippen molar-refractivity contribution in [1.82, 2.24) is 4.90 Å². The fraction of sp³-hybridized carbons (Fsp3) is 0.909. The fourth-order valence-electron chi connectivity index (χ4n) is 2.08. The lowest BCUT2D eigenvalue weighted by atomic mass is 9.74. The number of rotatable bonds is 1. The first-order valence-electron chi connectivity index (χ1n) is 5.11. The van der Waals surface area contributed by atoms with Crippen molar-refractivity contribution < 1.29 is 0 Å². The molecule has 1 unspecified atom stereocenters. The molecule has 1 rings (SSSR count). The van der Waals surface area contributed by atoms with Crippen molar-refractivity contribution in [2.24, 2.45) is 11.3 Å². The van der Waals surface area contributed by atoms with Crippen molar-refractivity contribution in [2.45, 2.75) is 40.2 Å². The quantitative estimate of drug-likeness (QED) is 0.619. The molecule has 0 spiro atoms. The minimum absolute atomic E-state index is 0.164. The second-order valence-electron chi connectivity index (χ2n) is 5.02. The van der Waals surface area contributed by atoms with Crippen molar-refractivity contribution in [3.63, 3.8) is 0 Å². The maximum Gasteiger partial charge on any atom is 0.0662 e. The monoisotopic (exact) mass is 180 g/mol. The Labute approximate surface area is 81.5 Å². The number of hydrogen-bond donors (Lipinski definition) is 0. The minimum Gasteiger partial charge on any atom is -0.300 e. The average Bonchev–Trinajstić information content (AvgIpc) is 2.02. The van der Waals surface area contributed by atoms with E-state index in [1.807, 2.05) is 0 Å². The van der Waals surface area contributed by atoms with Crippen LogP contribution < -0.4 is 0 Å². The van der Waals surface area contributed by atoms with Crippen molar-refractivity contribution in [3.8, 4) is 6.07 Å². The lowest BCUT2D eigenvalue weighted by molar-refractivity contribution is 0.0606. The molecule has 0 aliphatic carbocycles. The third kappa shape index (κ3) is 2.22. The molecule has 1 atom stereocenters. The molecule has 0 bridgehead atoms. The summed E-state index contributed by atoms with van der Waals surface area (Å²) < 4.78 is 0. The maximum atomic E-state index is 8.98. The normalized spacial score (nSPS) is 28.8. The Morgan fingerprint density at radius 2 is 2.08 bits per heavy atom. The summed E-state index contributed by atoms with van der Waals surface area (Å²) in [6.07, 6.45) is 1.03.